The second kappa shape index (κ2) is 3.95. The molecule has 78 valence electrons. The van der Waals surface area contributed by atoms with Crippen molar-refractivity contribution in [3.8, 4) is 17.0 Å². The summed E-state index contributed by atoms with van der Waals surface area (Å²) in [6.07, 6.45) is 0. The second-order valence-corrected chi connectivity index (χ2v) is 3.60. The lowest BCUT2D eigenvalue weighted by Crippen LogP contribution is -1.93. The third-order valence-corrected chi connectivity index (χ3v) is 2.40. The first-order valence-corrected chi connectivity index (χ1v) is 4.92. The van der Waals surface area contributed by atoms with Crippen LogP contribution in [-0.4, -0.2) is 16.9 Å². The zero-order chi connectivity index (χ0) is 10.8. The molecule has 0 aliphatic carbocycles. The zero-order valence-corrected chi connectivity index (χ0v) is 9.32. The maximum absolute atomic E-state index is 5.83. The van der Waals surface area contributed by atoms with E-state index in [4.69, 9.17) is 16.3 Å². The van der Waals surface area contributed by atoms with E-state index in [0.717, 1.165) is 17.0 Å². The maximum Gasteiger partial charge on any atom is 0.151 e. The number of benzene rings is 1. The molecule has 0 atom stereocenters. The van der Waals surface area contributed by atoms with Gasteiger partial charge < -0.3 is 4.74 Å². The summed E-state index contributed by atoms with van der Waals surface area (Å²) < 4.78 is 6.91. The number of aryl methyl sites for hydroxylation is 1. The van der Waals surface area contributed by atoms with Crippen LogP contribution in [0.15, 0.2) is 30.3 Å². The first-order chi connectivity index (χ1) is 7.20. The van der Waals surface area contributed by atoms with E-state index >= 15 is 0 Å². The number of rotatable bonds is 2. The first kappa shape index (κ1) is 10.1. The molecule has 0 unspecified atom stereocenters. The summed E-state index contributed by atoms with van der Waals surface area (Å²) in [5, 5.41) is 4.58. The molecule has 1 heterocycles. The van der Waals surface area contributed by atoms with Crippen LogP contribution >= 0.6 is 11.6 Å². The van der Waals surface area contributed by atoms with E-state index in [1.54, 1.807) is 11.8 Å². The van der Waals surface area contributed by atoms with Crippen LogP contribution < -0.4 is 4.74 Å². The standard InChI is InChI=1S/C11H11ClN2O/c1-14-10(7-11(12)13-14)8-4-3-5-9(6-8)15-2/h3-7H,1-2H3. The first-order valence-electron chi connectivity index (χ1n) is 4.54. The molecule has 1 aromatic heterocycles. The van der Waals surface area contributed by atoms with Crippen molar-refractivity contribution in [2.45, 2.75) is 0 Å². The van der Waals surface area contributed by atoms with E-state index in [2.05, 4.69) is 5.10 Å². The van der Waals surface area contributed by atoms with Crippen molar-refractivity contribution in [2.75, 3.05) is 7.11 Å². The van der Waals surface area contributed by atoms with Gasteiger partial charge in [0.25, 0.3) is 0 Å². The van der Waals surface area contributed by atoms with Crippen LogP contribution in [0.25, 0.3) is 11.3 Å². The average molecular weight is 223 g/mol. The van der Waals surface area contributed by atoms with Gasteiger partial charge in [-0.1, -0.05) is 23.7 Å². The highest BCUT2D eigenvalue weighted by Gasteiger charge is 2.06. The predicted molar refractivity (Wildman–Crippen MR) is 60.2 cm³/mol. The Labute approximate surface area is 93.2 Å². The summed E-state index contributed by atoms with van der Waals surface area (Å²) in [6, 6.07) is 9.62. The summed E-state index contributed by atoms with van der Waals surface area (Å²) in [4.78, 5) is 0. The van der Waals surface area contributed by atoms with E-state index in [9.17, 15) is 0 Å². The van der Waals surface area contributed by atoms with Crippen molar-refractivity contribution in [1.82, 2.24) is 9.78 Å². The minimum absolute atomic E-state index is 0.496. The number of hydrogen-bond donors (Lipinski definition) is 0. The minimum atomic E-state index is 0.496. The highest BCUT2D eigenvalue weighted by Crippen LogP contribution is 2.25. The molecule has 0 fully saturated rings. The number of ether oxygens (including phenoxy) is 1. The average Bonchev–Trinajstić information content (AvgIpc) is 2.58. The van der Waals surface area contributed by atoms with Gasteiger partial charge in [0.05, 0.1) is 12.8 Å². The Hall–Kier alpha value is -1.48. The molecule has 0 saturated carbocycles. The Morgan fingerprint density at radius 3 is 2.73 bits per heavy atom. The maximum atomic E-state index is 5.83. The van der Waals surface area contributed by atoms with Crippen LogP contribution in [0.5, 0.6) is 5.75 Å². The fourth-order valence-corrected chi connectivity index (χ4v) is 1.70. The number of aromatic nitrogens is 2. The van der Waals surface area contributed by atoms with Gasteiger partial charge in [-0.25, -0.2) is 0 Å². The highest BCUT2D eigenvalue weighted by molar-refractivity contribution is 6.29. The molecule has 0 amide bonds. The lowest BCUT2D eigenvalue weighted by Gasteiger charge is -2.04. The summed E-state index contributed by atoms with van der Waals surface area (Å²) >= 11 is 5.83. The Morgan fingerprint density at radius 1 is 1.33 bits per heavy atom. The summed E-state index contributed by atoms with van der Waals surface area (Å²) in [5.74, 6) is 0.824. The van der Waals surface area contributed by atoms with E-state index in [0.29, 0.717) is 5.15 Å². The topological polar surface area (TPSA) is 27.1 Å². The van der Waals surface area contributed by atoms with Crippen molar-refractivity contribution in [1.29, 1.82) is 0 Å². The minimum Gasteiger partial charge on any atom is -0.497 e. The van der Waals surface area contributed by atoms with Gasteiger partial charge in [0.2, 0.25) is 0 Å². The van der Waals surface area contributed by atoms with Crippen LogP contribution in [0.1, 0.15) is 0 Å². The SMILES string of the molecule is COc1cccc(-c2cc(Cl)nn2C)c1. The molecular formula is C11H11ClN2O. The van der Waals surface area contributed by atoms with E-state index < -0.39 is 0 Å². The number of halogens is 1. The van der Waals surface area contributed by atoms with Gasteiger partial charge in [-0.15, -0.1) is 0 Å². The van der Waals surface area contributed by atoms with Gasteiger partial charge in [-0.3, -0.25) is 4.68 Å². The quantitative estimate of drug-likeness (QED) is 0.781. The molecule has 4 heteroatoms. The van der Waals surface area contributed by atoms with Crippen LogP contribution in [-0.2, 0) is 7.05 Å². The van der Waals surface area contributed by atoms with Gasteiger partial charge in [-0.2, -0.15) is 5.10 Å². The predicted octanol–water partition coefficient (Wildman–Crippen LogP) is 2.75. The van der Waals surface area contributed by atoms with Crippen LogP contribution in [0, 0.1) is 0 Å². The molecule has 2 rings (SSSR count). The molecule has 3 nitrogen and oxygen atoms in total. The molecule has 0 saturated heterocycles. The van der Waals surface area contributed by atoms with E-state index in [1.807, 2.05) is 37.4 Å². The largest absolute Gasteiger partial charge is 0.497 e. The number of nitrogens with zero attached hydrogens (tertiary/aromatic N) is 2. The molecule has 15 heavy (non-hydrogen) atoms. The molecular weight excluding hydrogens is 212 g/mol. The van der Waals surface area contributed by atoms with Crippen LogP contribution in [0.2, 0.25) is 5.15 Å². The fraction of sp³-hybridized carbons (Fsp3) is 0.182. The van der Waals surface area contributed by atoms with Gasteiger partial charge in [0.15, 0.2) is 5.15 Å². The Balaban J connectivity index is 2.49. The summed E-state index contributed by atoms with van der Waals surface area (Å²) in [7, 11) is 3.51. The van der Waals surface area contributed by atoms with Crippen molar-refractivity contribution in [3.05, 3.63) is 35.5 Å². The highest BCUT2D eigenvalue weighted by atomic mass is 35.5. The van der Waals surface area contributed by atoms with Gasteiger partial charge in [0, 0.05) is 18.7 Å². The van der Waals surface area contributed by atoms with Gasteiger partial charge in [0.1, 0.15) is 5.75 Å². The molecule has 0 radical (unpaired) electrons. The van der Waals surface area contributed by atoms with Crippen LogP contribution in [0.3, 0.4) is 0 Å². The smallest absolute Gasteiger partial charge is 0.151 e. The van der Waals surface area contributed by atoms with Crippen molar-refractivity contribution in [2.24, 2.45) is 7.05 Å². The van der Waals surface area contributed by atoms with Gasteiger partial charge >= 0.3 is 0 Å². The Morgan fingerprint density at radius 2 is 2.13 bits per heavy atom. The monoisotopic (exact) mass is 222 g/mol. The third kappa shape index (κ3) is 1.97. The molecule has 0 spiro atoms. The van der Waals surface area contributed by atoms with E-state index in [-0.39, 0.29) is 0 Å². The second-order valence-electron chi connectivity index (χ2n) is 3.21. The van der Waals surface area contributed by atoms with Crippen LogP contribution in [0.4, 0.5) is 0 Å². The normalized spacial score (nSPS) is 10.3. The molecule has 0 bridgehead atoms. The number of hydrogen-bond acceptors (Lipinski definition) is 2. The molecule has 2 aromatic rings. The van der Waals surface area contributed by atoms with Crippen molar-refractivity contribution < 1.29 is 4.74 Å². The lowest BCUT2D eigenvalue weighted by atomic mass is 10.1. The zero-order valence-electron chi connectivity index (χ0n) is 8.57. The molecule has 0 N–H and O–H groups in total. The lowest BCUT2D eigenvalue weighted by molar-refractivity contribution is 0.415. The number of methoxy groups -OCH3 is 1. The Bertz CT molecular complexity index is 479. The Kier molecular flexibility index (Phi) is 2.64. The molecule has 0 aliphatic rings. The van der Waals surface area contributed by atoms with Crippen molar-refractivity contribution >= 4 is 11.6 Å². The summed E-state index contributed by atoms with van der Waals surface area (Å²) in [5.41, 5.74) is 2.01. The molecule has 0 aliphatic heterocycles. The summed E-state index contributed by atoms with van der Waals surface area (Å²) in [6.45, 7) is 0. The fourth-order valence-electron chi connectivity index (χ4n) is 1.48. The van der Waals surface area contributed by atoms with E-state index in [1.165, 1.54) is 0 Å². The third-order valence-electron chi connectivity index (χ3n) is 2.22. The van der Waals surface area contributed by atoms with Crippen molar-refractivity contribution in [3.63, 3.8) is 0 Å². The molecule has 1 aromatic carbocycles. The van der Waals surface area contributed by atoms with Gasteiger partial charge in [-0.05, 0) is 12.1 Å².